The van der Waals surface area contributed by atoms with Crippen LogP contribution in [0.3, 0.4) is 0 Å². The van der Waals surface area contributed by atoms with Gasteiger partial charge in [-0.3, -0.25) is 10.1 Å². The largest absolute Gasteiger partial charge is 0.457 e. The van der Waals surface area contributed by atoms with E-state index in [0.29, 0.717) is 49.5 Å². The number of fused-ring (bicyclic) bond motifs is 1. The molecule has 9 heteroatoms. The van der Waals surface area contributed by atoms with E-state index in [-0.39, 0.29) is 5.11 Å². The van der Waals surface area contributed by atoms with Crippen LogP contribution in [0.1, 0.15) is 11.3 Å². The van der Waals surface area contributed by atoms with Crippen molar-refractivity contribution in [2.75, 3.05) is 5.32 Å². The molecule has 0 atom stereocenters. The molecule has 0 aliphatic rings. The molecule has 0 radical (unpaired) electrons. The number of anilines is 1. The minimum absolute atomic E-state index is 0.0984. The summed E-state index contributed by atoms with van der Waals surface area (Å²) in [4.78, 5) is 25.1. The number of rotatable bonds is 5. The molecule has 0 bridgehead atoms. The fourth-order valence-electron chi connectivity index (χ4n) is 3.93. The number of furan rings is 1. The number of benzene rings is 3. The van der Waals surface area contributed by atoms with Gasteiger partial charge in [-0.05, 0) is 78.8 Å². The molecule has 194 valence electrons. The quantitative estimate of drug-likeness (QED) is 0.126. The van der Waals surface area contributed by atoms with Crippen molar-refractivity contribution in [3.8, 4) is 22.5 Å². The predicted molar refractivity (Wildman–Crippen MR) is 160 cm³/mol. The lowest BCUT2D eigenvalue weighted by atomic mass is 10.0. The highest BCUT2D eigenvalue weighted by Gasteiger charge is 2.12. The van der Waals surface area contributed by atoms with Gasteiger partial charge in [0.05, 0.1) is 15.6 Å². The van der Waals surface area contributed by atoms with Crippen LogP contribution in [-0.2, 0) is 4.79 Å². The molecule has 2 N–H and O–H groups in total. The highest BCUT2D eigenvalue weighted by molar-refractivity contribution is 7.80. The standard InChI is InChI=1S/C30H20Cl2N2O4S/c1-17-9-10-18(22-15-19-5-2-3-8-25(19)38-29(22)36)16-24(17)33-30(39)34-27(35)14-12-20-11-13-26(37-20)21-6-4-7-23(31)28(21)32/h2-16H,1H3,(H2,33,34,35,39)/b14-12+. The van der Waals surface area contributed by atoms with Crippen LogP contribution in [0.4, 0.5) is 5.69 Å². The molecule has 6 nitrogen and oxygen atoms in total. The fraction of sp³-hybridized carbons (Fsp3) is 0.0333. The first-order valence-corrected chi connectivity index (χ1v) is 12.9. The summed E-state index contributed by atoms with van der Waals surface area (Å²) in [5, 5.41) is 7.36. The molecule has 0 aliphatic carbocycles. The molecule has 0 saturated heterocycles. The molecule has 0 unspecified atom stereocenters. The molecule has 1 amide bonds. The first kappa shape index (κ1) is 26.4. The van der Waals surface area contributed by atoms with Gasteiger partial charge in [-0.25, -0.2) is 4.79 Å². The summed E-state index contributed by atoms with van der Waals surface area (Å²) in [6, 6.07) is 23.3. The zero-order valence-electron chi connectivity index (χ0n) is 20.5. The summed E-state index contributed by atoms with van der Waals surface area (Å²) in [5.74, 6) is 0.526. The molecule has 39 heavy (non-hydrogen) atoms. The van der Waals surface area contributed by atoms with E-state index in [9.17, 15) is 9.59 Å². The number of carbonyl (C=O) groups is 1. The van der Waals surface area contributed by atoms with Gasteiger partial charge in [-0.1, -0.05) is 59.6 Å². The summed E-state index contributed by atoms with van der Waals surface area (Å²) >= 11 is 17.7. The normalized spacial score (nSPS) is 11.2. The zero-order chi connectivity index (χ0) is 27.5. The van der Waals surface area contributed by atoms with E-state index in [0.717, 1.165) is 10.9 Å². The molecule has 0 fully saturated rings. The Labute approximate surface area is 238 Å². The Morgan fingerprint density at radius 2 is 1.74 bits per heavy atom. The van der Waals surface area contributed by atoms with Crippen molar-refractivity contribution in [3.05, 3.63) is 117 Å². The van der Waals surface area contributed by atoms with Crippen molar-refractivity contribution < 1.29 is 13.6 Å². The molecule has 5 rings (SSSR count). The SMILES string of the molecule is Cc1ccc(-c2cc3ccccc3oc2=O)cc1NC(=S)NC(=O)/C=C/c1ccc(-c2cccc(Cl)c2Cl)o1. The first-order valence-electron chi connectivity index (χ1n) is 11.8. The first-order chi connectivity index (χ1) is 18.8. The lowest BCUT2D eigenvalue weighted by molar-refractivity contribution is -0.115. The number of amides is 1. The average molecular weight is 575 g/mol. The summed E-state index contributed by atoms with van der Waals surface area (Å²) in [6.45, 7) is 1.89. The van der Waals surface area contributed by atoms with Gasteiger partial charge in [-0.2, -0.15) is 0 Å². The number of thiocarbonyl (C=S) groups is 1. The smallest absolute Gasteiger partial charge is 0.344 e. The van der Waals surface area contributed by atoms with E-state index in [2.05, 4.69) is 10.6 Å². The Balaban J connectivity index is 1.26. The Hall–Kier alpha value is -4.17. The molecule has 3 aromatic carbocycles. The number of halogens is 2. The van der Waals surface area contributed by atoms with Crippen molar-refractivity contribution in [1.82, 2.24) is 5.32 Å². The second-order valence-corrected chi connectivity index (χ2v) is 9.79. The van der Waals surface area contributed by atoms with Crippen LogP contribution in [0.5, 0.6) is 0 Å². The maximum Gasteiger partial charge on any atom is 0.344 e. The maximum absolute atomic E-state index is 12.6. The third kappa shape index (κ3) is 5.96. The van der Waals surface area contributed by atoms with E-state index < -0.39 is 11.5 Å². The second kappa shape index (κ2) is 11.3. The van der Waals surface area contributed by atoms with Crippen LogP contribution >= 0.6 is 35.4 Å². The van der Waals surface area contributed by atoms with Gasteiger partial charge in [0, 0.05) is 22.7 Å². The maximum atomic E-state index is 12.6. The number of aryl methyl sites for hydroxylation is 1. The Morgan fingerprint density at radius 1 is 0.923 bits per heavy atom. The average Bonchev–Trinajstić information content (AvgIpc) is 3.39. The monoisotopic (exact) mass is 574 g/mol. The number of nitrogens with one attached hydrogen (secondary N) is 2. The third-order valence-electron chi connectivity index (χ3n) is 5.92. The van der Waals surface area contributed by atoms with Gasteiger partial charge < -0.3 is 14.2 Å². The summed E-state index contributed by atoms with van der Waals surface area (Å²) in [7, 11) is 0. The van der Waals surface area contributed by atoms with Crippen LogP contribution in [0, 0.1) is 6.92 Å². The molecule has 0 aliphatic heterocycles. The van der Waals surface area contributed by atoms with E-state index in [1.807, 2.05) is 37.3 Å². The van der Waals surface area contributed by atoms with E-state index >= 15 is 0 Å². The Bertz CT molecular complexity index is 1820. The molecule has 2 aromatic heterocycles. The molecular formula is C30H20Cl2N2O4S. The van der Waals surface area contributed by atoms with Gasteiger partial charge >= 0.3 is 5.63 Å². The lowest BCUT2D eigenvalue weighted by Gasteiger charge is -2.12. The van der Waals surface area contributed by atoms with Crippen molar-refractivity contribution >= 4 is 69.2 Å². The highest BCUT2D eigenvalue weighted by atomic mass is 35.5. The van der Waals surface area contributed by atoms with Crippen molar-refractivity contribution in [2.45, 2.75) is 6.92 Å². The van der Waals surface area contributed by atoms with E-state index in [1.54, 1.807) is 48.5 Å². The summed E-state index contributed by atoms with van der Waals surface area (Å²) < 4.78 is 11.2. The third-order valence-corrected chi connectivity index (χ3v) is 6.94. The second-order valence-electron chi connectivity index (χ2n) is 8.60. The minimum atomic E-state index is -0.449. The van der Waals surface area contributed by atoms with E-state index in [4.69, 9.17) is 44.3 Å². The molecule has 0 spiro atoms. The highest BCUT2D eigenvalue weighted by Crippen LogP contribution is 2.34. The molecular weight excluding hydrogens is 555 g/mol. The minimum Gasteiger partial charge on any atom is -0.457 e. The van der Waals surface area contributed by atoms with Gasteiger partial charge in [0.2, 0.25) is 5.91 Å². The molecule has 5 aromatic rings. The van der Waals surface area contributed by atoms with Gasteiger partial charge in [0.15, 0.2) is 5.11 Å². The topological polar surface area (TPSA) is 84.5 Å². The predicted octanol–water partition coefficient (Wildman–Crippen LogP) is 7.86. The fourth-order valence-corrected chi connectivity index (χ4v) is 4.54. The van der Waals surface area contributed by atoms with Gasteiger partial charge in [0.25, 0.3) is 0 Å². The zero-order valence-corrected chi connectivity index (χ0v) is 22.8. The van der Waals surface area contributed by atoms with Crippen LogP contribution in [0.15, 0.2) is 98.6 Å². The Kier molecular flexibility index (Phi) is 7.65. The van der Waals surface area contributed by atoms with Crippen LogP contribution in [-0.4, -0.2) is 11.0 Å². The Morgan fingerprint density at radius 3 is 2.59 bits per heavy atom. The number of carbonyl (C=O) groups excluding carboxylic acids is 1. The number of para-hydroxylation sites is 1. The van der Waals surface area contributed by atoms with Crippen molar-refractivity contribution in [2.24, 2.45) is 0 Å². The van der Waals surface area contributed by atoms with E-state index in [1.165, 1.54) is 12.2 Å². The van der Waals surface area contributed by atoms with Crippen LogP contribution < -0.4 is 16.3 Å². The van der Waals surface area contributed by atoms with Crippen molar-refractivity contribution in [3.63, 3.8) is 0 Å². The van der Waals surface area contributed by atoms with Gasteiger partial charge in [0.1, 0.15) is 17.1 Å². The van der Waals surface area contributed by atoms with Crippen molar-refractivity contribution in [1.29, 1.82) is 0 Å². The molecule has 2 heterocycles. The van der Waals surface area contributed by atoms with Crippen LogP contribution in [0.2, 0.25) is 10.0 Å². The molecule has 0 saturated carbocycles. The van der Waals surface area contributed by atoms with Crippen LogP contribution in [0.25, 0.3) is 39.5 Å². The summed E-state index contributed by atoms with van der Waals surface area (Å²) in [6.07, 6.45) is 2.82. The number of hydrogen-bond acceptors (Lipinski definition) is 5. The summed E-state index contributed by atoms with van der Waals surface area (Å²) in [5.41, 5.74) is 3.33. The number of hydrogen-bond donors (Lipinski definition) is 2. The lowest BCUT2D eigenvalue weighted by Crippen LogP contribution is -2.33. The van der Waals surface area contributed by atoms with Gasteiger partial charge in [-0.15, -0.1) is 0 Å².